The molecule has 2 heterocycles. The molecule has 0 aliphatic rings. The van der Waals surface area contributed by atoms with E-state index in [4.69, 9.17) is 4.42 Å². The van der Waals surface area contributed by atoms with E-state index in [1.165, 1.54) is 12.5 Å². The molecular weight excluding hydrogens is 382 g/mol. The number of rotatable bonds is 11. The number of carbonyl (C=O) groups is 1. The number of pyridine rings is 1. The molecule has 0 radical (unpaired) electrons. The highest BCUT2D eigenvalue weighted by Gasteiger charge is 2.18. The Bertz CT molecular complexity index is 850. The number of amides is 1. The first kappa shape index (κ1) is 22.1. The average Bonchev–Trinajstić information content (AvgIpc) is 3.09. The first-order valence-corrected chi connectivity index (χ1v) is 10.8. The zero-order valence-electron chi connectivity index (χ0n) is 16.2. The highest BCUT2D eigenvalue weighted by molar-refractivity contribution is 7.91. The molecule has 9 heteroatoms. The molecule has 2 rings (SSSR count). The Labute approximate surface area is 165 Å². The number of aliphatic hydroxyl groups is 1. The van der Waals surface area contributed by atoms with Gasteiger partial charge in [0.15, 0.2) is 9.84 Å². The summed E-state index contributed by atoms with van der Waals surface area (Å²) in [6, 6.07) is 5.48. The molecule has 0 bridgehead atoms. The van der Waals surface area contributed by atoms with Crippen molar-refractivity contribution in [1.29, 1.82) is 0 Å². The summed E-state index contributed by atoms with van der Waals surface area (Å²) in [6.45, 7) is 0.804. The van der Waals surface area contributed by atoms with Crippen LogP contribution in [0, 0.1) is 0 Å². The number of hydrogen-bond acceptors (Lipinski definition) is 7. The third-order valence-corrected chi connectivity index (χ3v) is 5.44. The molecule has 154 valence electrons. The normalized spacial score (nSPS) is 12.9. The predicted octanol–water partition coefficient (Wildman–Crippen LogP) is 0.761. The molecule has 0 aromatic carbocycles. The molecule has 0 fully saturated rings. The molecule has 0 saturated carbocycles. The van der Waals surface area contributed by atoms with Crippen molar-refractivity contribution in [3.63, 3.8) is 0 Å². The highest BCUT2D eigenvalue weighted by atomic mass is 32.2. The number of furan rings is 1. The predicted molar refractivity (Wildman–Crippen MR) is 105 cm³/mol. The van der Waals surface area contributed by atoms with E-state index in [0.29, 0.717) is 18.4 Å². The molecule has 2 aromatic heterocycles. The van der Waals surface area contributed by atoms with Crippen LogP contribution in [0.4, 0.5) is 0 Å². The van der Waals surface area contributed by atoms with Crippen LogP contribution >= 0.6 is 0 Å². The molecule has 1 atom stereocenters. The van der Waals surface area contributed by atoms with Gasteiger partial charge >= 0.3 is 0 Å². The third-order valence-electron chi connectivity index (χ3n) is 3.97. The summed E-state index contributed by atoms with van der Waals surface area (Å²) in [5.74, 6) is -1.51. The third kappa shape index (κ3) is 8.20. The Morgan fingerprint density at radius 3 is 2.79 bits per heavy atom. The smallest absolute Gasteiger partial charge is 0.235 e. The number of sulfone groups is 1. The largest absolute Gasteiger partial charge is 0.472 e. The van der Waals surface area contributed by atoms with Crippen LogP contribution in [0.15, 0.2) is 41.3 Å². The Hall–Kier alpha value is -2.23. The van der Waals surface area contributed by atoms with E-state index < -0.39 is 27.6 Å². The Balaban J connectivity index is 1.73. The minimum atomic E-state index is -3.59. The van der Waals surface area contributed by atoms with Gasteiger partial charge < -0.3 is 19.7 Å². The van der Waals surface area contributed by atoms with Crippen molar-refractivity contribution < 1.29 is 22.7 Å². The van der Waals surface area contributed by atoms with Crippen LogP contribution < -0.4 is 5.32 Å². The SMILES string of the molecule is CN(C)Cc1ccnc(CCC(O)CNC(=O)CS(=O)(=O)Cc2ccoc2)c1. The summed E-state index contributed by atoms with van der Waals surface area (Å²) >= 11 is 0. The van der Waals surface area contributed by atoms with Gasteiger partial charge in [0.1, 0.15) is 5.75 Å². The molecular formula is C19H27N3O5S. The number of nitrogens with zero attached hydrogens (tertiary/aromatic N) is 2. The van der Waals surface area contributed by atoms with Crippen molar-refractivity contribution in [2.75, 3.05) is 26.4 Å². The van der Waals surface area contributed by atoms with Gasteiger partial charge in [-0.1, -0.05) is 0 Å². The molecule has 0 saturated heterocycles. The fourth-order valence-corrected chi connectivity index (χ4v) is 3.98. The van der Waals surface area contributed by atoms with Gasteiger partial charge in [-0.2, -0.15) is 0 Å². The minimum Gasteiger partial charge on any atom is -0.472 e. The molecule has 8 nitrogen and oxygen atoms in total. The van der Waals surface area contributed by atoms with Crippen molar-refractivity contribution in [2.45, 2.75) is 31.2 Å². The maximum Gasteiger partial charge on any atom is 0.235 e. The zero-order chi connectivity index (χ0) is 20.6. The second-order valence-electron chi connectivity index (χ2n) is 7.05. The van der Waals surface area contributed by atoms with E-state index in [1.807, 2.05) is 26.2 Å². The monoisotopic (exact) mass is 409 g/mol. The average molecular weight is 410 g/mol. The van der Waals surface area contributed by atoms with Crippen molar-refractivity contribution in [3.8, 4) is 0 Å². The lowest BCUT2D eigenvalue weighted by molar-refractivity contribution is -0.119. The van der Waals surface area contributed by atoms with E-state index in [-0.39, 0.29) is 12.3 Å². The molecule has 2 aromatic rings. The van der Waals surface area contributed by atoms with Crippen LogP contribution in [0.25, 0.3) is 0 Å². The zero-order valence-corrected chi connectivity index (χ0v) is 17.0. The molecule has 2 N–H and O–H groups in total. The molecule has 28 heavy (non-hydrogen) atoms. The van der Waals surface area contributed by atoms with Gasteiger partial charge in [0.25, 0.3) is 0 Å². The molecule has 1 unspecified atom stereocenters. The molecule has 0 aliphatic carbocycles. The number of aliphatic hydroxyl groups excluding tert-OH is 1. The van der Waals surface area contributed by atoms with Crippen LogP contribution in [0.1, 0.15) is 23.2 Å². The van der Waals surface area contributed by atoms with Gasteiger partial charge in [0.05, 0.1) is 24.4 Å². The van der Waals surface area contributed by atoms with Gasteiger partial charge in [-0.05, 0) is 50.7 Å². The standard InChI is InChI=1S/C19H27N3O5S/c1-22(2)11-15-5-7-20-17(9-15)3-4-18(23)10-21-19(24)14-28(25,26)13-16-6-8-27-12-16/h5-9,12,18,23H,3-4,10-11,13-14H2,1-2H3,(H,21,24). The number of aromatic nitrogens is 1. The Kier molecular flexibility index (Phi) is 8.16. The van der Waals surface area contributed by atoms with Gasteiger partial charge in [0.2, 0.25) is 5.91 Å². The van der Waals surface area contributed by atoms with Gasteiger partial charge in [-0.15, -0.1) is 0 Å². The highest BCUT2D eigenvalue weighted by Crippen LogP contribution is 2.08. The number of hydrogen-bond donors (Lipinski definition) is 2. The number of nitrogens with one attached hydrogen (secondary N) is 1. The van der Waals surface area contributed by atoms with Crippen molar-refractivity contribution in [1.82, 2.24) is 15.2 Å². The first-order chi connectivity index (χ1) is 13.2. The van der Waals surface area contributed by atoms with E-state index in [1.54, 1.807) is 12.3 Å². The Morgan fingerprint density at radius 1 is 1.32 bits per heavy atom. The van der Waals surface area contributed by atoms with Crippen molar-refractivity contribution in [3.05, 3.63) is 53.7 Å². The van der Waals surface area contributed by atoms with Crippen LogP contribution in [0.5, 0.6) is 0 Å². The maximum atomic E-state index is 12.0. The van der Waals surface area contributed by atoms with Crippen LogP contribution in [0.3, 0.4) is 0 Å². The molecule has 1 amide bonds. The lowest BCUT2D eigenvalue weighted by atomic mass is 10.1. The van der Waals surface area contributed by atoms with E-state index in [2.05, 4.69) is 15.2 Å². The van der Waals surface area contributed by atoms with Crippen LogP contribution in [0.2, 0.25) is 0 Å². The summed E-state index contributed by atoms with van der Waals surface area (Å²) < 4.78 is 28.8. The van der Waals surface area contributed by atoms with E-state index in [0.717, 1.165) is 17.8 Å². The quantitative estimate of drug-likeness (QED) is 0.563. The second-order valence-corrected chi connectivity index (χ2v) is 9.12. The lowest BCUT2D eigenvalue weighted by Crippen LogP contribution is -2.36. The summed E-state index contributed by atoms with van der Waals surface area (Å²) in [5.41, 5.74) is 2.50. The summed E-state index contributed by atoms with van der Waals surface area (Å²) in [6.07, 6.45) is 4.66. The molecule has 0 spiro atoms. The second kappa shape index (κ2) is 10.4. The van der Waals surface area contributed by atoms with Gasteiger partial charge in [-0.25, -0.2) is 8.42 Å². The van der Waals surface area contributed by atoms with Crippen molar-refractivity contribution >= 4 is 15.7 Å². The maximum absolute atomic E-state index is 12.0. The van der Waals surface area contributed by atoms with Crippen LogP contribution in [-0.4, -0.2) is 61.8 Å². The number of carbonyl (C=O) groups excluding carboxylic acids is 1. The topological polar surface area (TPSA) is 113 Å². The fraction of sp³-hybridized carbons (Fsp3) is 0.474. The van der Waals surface area contributed by atoms with Crippen LogP contribution in [-0.2, 0) is 33.4 Å². The summed E-state index contributed by atoms with van der Waals surface area (Å²) in [7, 11) is 0.387. The fourth-order valence-electron chi connectivity index (χ4n) is 2.71. The first-order valence-electron chi connectivity index (χ1n) is 8.98. The van der Waals surface area contributed by atoms with Gasteiger partial charge in [-0.3, -0.25) is 9.78 Å². The van der Waals surface area contributed by atoms with Gasteiger partial charge in [0, 0.05) is 30.5 Å². The molecule has 0 aliphatic heterocycles. The minimum absolute atomic E-state index is 0.00253. The Morgan fingerprint density at radius 2 is 2.11 bits per heavy atom. The summed E-state index contributed by atoms with van der Waals surface area (Å²) in [5, 5.41) is 12.5. The van der Waals surface area contributed by atoms with E-state index in [9.17, 15) is 18.3 Å². The summed E-state index contributed by atoms with van der Waals surface area (Å²) in [4.78, 5) is 18.2. The lowest BCUT2D eigenvalue weighted by Gasteiger charge is -2.13. The van der Waals surface area contributed by atoms with E-state index >= 15 is 0 Å². The van der Waals surface area contributed by atoms with Crippen molar-refractivity contribution in [2.24, 2.45) is 0 Å². The number of aryl methyl sites for hydroxylation is 1.